The lowest BCUT2D eigenvalue weighted by atomic mass is 9.83. The van der Waals surface area contributed by atoms with Gasteiger partial charge in [0.25, 0.3) is 0 Å². The normalized spacial score (nSPS) is 18.8. The first kappa shape index (κ1) is 18.7. The maximum atomic E-state index is 9.12. The lowest BCUT2D eigenvalue weighted by Gasteiger charge is -2.23. The lowest BCUT2D eigenvalue weighted by Crippen LogP contribution is -2.07. The van der Waals surface area contributed by atoms with Crippen LogP contribution in [0.1, 0.15) is 108 Å². The van der Waals surface area contributed by atoms with Gasteiger partial charge in [-0.15, -0.1) is 0 Å². The van der Waals surface area contributed by atoms with Crippen LogP contribution in [0.2, 0.25) is 0 Å². The van der Waals surface area contributed by atoms with Gasteiger partial charge >= 0.3 is 0 Å². The third kappa shape index (κ3) is 4.32. The van der Waals surface area contributed by atoms with Crippen LogP contribution in [-0.4, -0.2) is 9.97 Å². The molecular formula is C35H38N2O. The Morgan fingerprint density at radius 3 is 2.34 bits per heavy atom. The second-order valence-corrected chi connectivity index (χ2v) is 10.8. The van der Waals surface area contributed by atoms with Crippen molar-refractivity contribution in [3.05, 3.63) is 83.0 Å². The Bertz CT molecular complexity index is 1840. The van der Waals surface area contributed by atoms with Gasteiger partial charge < -0.3 is 4.42 Å². The molecule has 1 aliphatic rings. The monoisotopic (exact) mass is 508 g/mol. The number of hydrogen-bond acceptors (Lipinski definition) is 3. The van der Waals surface area contributed by atoms with E-state index in [1.54, 1.807) is 12.3 Å². The minimum atomic E-state index is -2.39. The summed E-state index contributed by atoms with van der Waals surface area (Å²) >= 11 is 0. The number of rotatable bonds is 5. The Morgan fingerprint density at radius 2 is 1.63 bits per heavy atom. The molecule has 3 heteroatoms. The average molecular weight is 509 g/mol. The first-order valence-electron chi connectivity index (χ1n) is 16.6. The lowest BCUT2D eigenvalue weighted by molar-refractivity contribution is 0.441. The fourth-order valence-electron chi connectivity index (χ4n) is 5.81. The predicted octanol–water partition coefficient (Wildman–Crippen LogP) is 10.3. The van der Waals surface area contributed by atoms with E-state index in [2.05, 4.69) is 0 Å². The number of aryl methyl sites for hydroxylation is 1. The second-order valence-electron chi connectivity index (χ2n) is 10.8. The van der Waals surface area contributed by atoms with Gasteiger partial charge in [0.2, 0.25) is 5.71 Å². The van der Waals surface area contributed by atoms with E-state index < -0.39 is 24.5 Å². The van der Waals surface area contributed by atoms with Gasteiger partial charge in [0.05, 0.1) is 11.4 Å². The molecule has 0 aliphatic heterocycles. The molecule has 0 radical (unpaired) electrons. The van der Waals surface area contributed by atoms with Gasteiger partial charge in [0, 0.05) is 36.3 Å². The Morgan fingerprint density at radius 1 is 0.895 bits per heavy atom. The van der Waals surface area contributed by atoms with E-state index in [1.165, 1.54) is 0 Å². The molecule has 3 heterocycles. The van der Waals surface area contributed by atoms with Crippen LogP contribution in [0.4, 0.5) is 0 Å². The summed E-state index contributed by atoms with van der Waals surface area (Å²) in [5.41, 5.74) is 5.73. The molecule has 1 fully saturated rings. The molecule has 0 unspecified atom stereocenters. The molecule has 0 atom stereocenters. The highest BCUT2D eigenvalue weighted by atomic mass is 16.3. The van der Waals surface area contributed by atoms with Crippen LogP contribution >= 0.6 is 0 Å². The number of benzene rings is 2. The molecule has 2 aromatic carbocycles. The summed E-state index contributed by atoms with van der Waals surface area (Å²) in [5, 5.41) is 1.64. The molecule has 194 valence electrons. The zero-order chi connectivity index (χ0) is 31.7. The van der Waals surface area contributed by atoms with Crippen molar-refractivity contribution in [2.24, 2.45) is 0 Å². The highest BCUT2D eigenvalue weighted by Crippen LogP contribution is 2.40. The maximum Gasteiger partial charge on any atom is 0.227 e. The number of fused-ring (bicyclic) bond motifs is 3. The molecule has 0 amide bonds. The smallest absolute Gasteiger partial charge is 0.227 e. The number of aromatic nitrogens is 2. The molecule has 3 aromatic heterocycles. The molecule has 1 saturated carbocycles. The summed E-state index contributed by atoms with van der Waals surface area (Å²) in [5.74, 6) is -2.78. The van der Waals surface area contributed by atoms with Crippen molar-refractivity contribution in [2.75, 3.05) is 0 Å². The summed E-state index contributed by atoms with van der Waals surface area (Å²) in [6.45, 7) is 4.95. The van der Waals surface area contributed by atoms with E-state index in [9.17, 15) is 0 Å². The van der Waals surface area contributed by atoms with Gasteiger partial charge in [-0.05, 0) is 83.9 Å². The van der Waals surface area contributed by atoms with E-state index >= 15 is 0 Å². The second kappa shape index (κ2) is 10.0. The topological polar surface area (TPSA) is 38.9 Å². The zero-order valence-electron chi connectivity index (χ0n) is 28.6. The van der Waals surface area contributed by atoms with Gasteiger partial charge in [-0.1, -0.05) is 77.3 Å². The number of pyridine rings is 2. The molecule has 0 bridgehead atoms. The Hall–Kier alpha value is -3.46. The van der Waals surface area contributed by atoms with Gasteiger partial charge in [0.1, 0.15) is 5.58 Å². The summed E-state index contributed by atoms with van der Waals surface area (Å²) in [7, 11) is 0. The molecule has 38 heavy (non-hydrogen) atoms. The summed E-state index contributed by atoms with van der Waals surface area (Å²) < 4.78 is 58.1. The van der Waals surface area contributed by atoms with Crippen molar-refractivity contribution >= 4 is 22.1 Å². The van der Waals surface area contributed by atoms with E-state index in [-0.39, 0.29) is 5.56 Å². The van der Waals surface area contributed by atoms with Crippen LogP contribution in [0.5, 0.6) is 0 Å². The van der Waals surface area contributed by atoms with E-state index in [1.807, 2.05) is 76.2 Å². The summed E-state index contributed by atoms with van der Waals surface area (Å²) in [6.07, 6.45) is 5.73. The van der Waals surface area contributed by atoms with Crippen LogP contribution in [0.3, 0.4) is 0 Å². The number of para-hydroxylation sites is 1. The van der Waals surface area contributed by atoms with Crippen molar-refractivity contribution in [3.63, 3.8) is 0 Å². The third-order valence-electron chi connectivity index (χ3n) is 7.78. The number of nitrogens with zero attached hydrogens (tertiary/aromatic N) is 2. The van der Waals surface area contributed by atoms with Crippen LogP contribution in [0.25, 0.3) is 44.6 Å². The van der Waals surface area contributed by atoms with Crippen LogP contribution in [-0.2, 0) is 0 Å². The molecular weight excluding hydrogens is 464 g/mol. The standard InChI is InChI=1S/C35H38N2O/c1-21(2)25-13-9-14-26(22(3)4)33(25)31-18-17-28-27-15-10-16-29(34(27)38-35(28)37-31)32-19-23(5)30(20-36-32)24-11-7-6-8-12-24/h9-10,13-22,24H,6-8,11-12H2,1-5H3/i5D3,21D,22D,24D. The van der Waals surface area contributed by atoms with Crippen molar-refractivity contribution in [2.45, 2.75) is 84.3 Å². The first-order valence-corrected chi connectivity index (χ1v) is 13.6. The van der Waals surface area contributed by atoms with E-state index in [4.69, 9.17) is 22.6 Å². The Balaban J connectivity index is 1.53. The highest BCUT2D eigenvalue weighted by Gasteiger charge is 2.21. The predicted molar refractivity (Wildman–Crippen MR) is 159 cm³/mol. The molecule has 1 aliphatic carbocycles. The van der Waals surface area contributed by atoms with Gasteiger partial charge in [-0.25, -0.2) is 4.98 Å². The minimum absolute atomic E-state index is 0.174. The zero-order valence-corrected chi connectivity index (χ0v) is 22.6. The van der Waals surface area contributed by atoms with E-state index in [0.717, 1.165) is 46.7 Å². The maximum absolute atomic E-state index is 9.12. The fraction of sp³-hybridized carbons (Fsp3) is 0.371. The van der Waals surface area contributed by atoms with Crippen LogP contribution in [0, 0.1) is 6.85 Å². The van der Waals surface area contributed by atoms with Crippen LogP contribution in [0.15, 0.2) is 65.2 Å². The molecule has 0 saturated heterocycles. The Kier molecular flexibility index (Phi) is 4.94. The summed E-state index contributed by atoms with van der Waals surface area (Å²) in [4.78, 5) is 9.65. The highest BCUT2D eigenvalue weighted by molar-refractivity contribution is 6.08. The van der Waals surface area contributed by atoms with Gasteiger partial charge in [0.15, 0.2) is 0 Å². The van der Waals surface area contributed by atoms with Crippen molar-refractivity contribution < 1.29 is 12.6 Å². The fourth-order valence-corrected chi connectivity index (χ4v) is 5.81. The van der Waals surface area contributed by atoms with Gasteiger partial charge in [-0.3, -0.25) is 4.98 Å². The van der Waals surface area contributed by atoms with Crippen molar-refractivity contribution in [1.82, 2.24) is 9.97 Å². The average Bonchev–Trinajstić information content (AvgIpc) is 3.33. The molecule has 0 N–H and O–H groups in total. The SMILES string of the molecule is [2H]C([2H])([2H])c1cc(-c2cccc3c2oc2nc(-c4c(C([2H])(C)C)cccc4C([2H])(C)C)ccc23)ncc1C1([2H])CCCCC1. The largest absolute Gasteiger partial charge is 0.437 e. The third-order valence-corrected chi connectivity index (χ3v) is 7.78. The van der Waals surface area contributed by atoms with E-state index in [0.29, 0.717) is 46.7 Å². The summed E-state index contributed by atoms with van der Waals surface area (Å²) in [6, 6.07) is 17.0. The molecule has 0 spiro atoms. The first-order chi connectivity index (χ1) is 20.6. The van der Waals surface area contributed by atoms with Crippen LogP contribution < -0.4 is 0 Å². The molecule has 5 aromatic rings. The molecule has 6 rings (SSSR count). The minimum Gasteiger partial charge on any atom is -0.437 e. The number of hydrogen-bond donors (Lipinski definition) is 0. The van der Waals surface area contributed by atoms with Crippen molar-refractivity contribution in [3.8, 4) is 22.5 Å². The Labute approximate surface area is 234 Å². The number of furan rings is 1. The van der Waals surface area contributed by atoms with Gasteiger partial charge in [-0.2, -0.15) is 0 Å². The quantitative estimate of drug-likeness (QED) is 0.237. The van der Waals surface area contributed by atoms with Crippen molar-refractivity contribution in [1.29, 1.82) is 0 Å². The molecule has 3 nitrogen and oxygen atoms in total.